The van der Waals surface area contributed by atoms with Gasteiger partial charge in [-0.15, -0.1) is 0 Å². The average Bonchev–Trinajstić information content (AvgIpc) is 2.81. The van der Waals surface area contributed by atoms with Crippen LogP contribution in [0.25, 0.3) is 0 Å². The quantitative estimate of drug-likeness (QED) is 0.777. The number of aliphatic hydroxyl groups is 1. The maximum absolute atomic E-state index is 11.5. The molecule has 24 heavy (non-hydrogen) atoms. The molecule has 0 spiro atoms. The van der Waals surface area contributed by atoms with Gasteiger partial charge in [0.15, 0.2) is 0 Å². The summed E-state index contributed by atoms with van der Waals surface area (Å²) >= 11 is 0. The Bertz CT molecular complexity index is 670. The minimum Gasteiger partial charge on any atom is -0.508 e. The van der Waals surface area contributed by atoms with E-state index in [1.165, 1.54) is 11.1 Å². The number of rotatable bonds is 2. The van der Waals surface area contributed by atoms with Gasteiger partial charge in [-0.2, -0.15) is 0 Å². The Balaban J connectivity index is 1.78. The Morgan fingerprint density at radius 2 is 2.08 bits per heavy atom. The number of aryl methyl sites for hydroxylation is 1. The number of benzene rings is 1. The molecule has 1 aromatic rings. The SMILES string of the molecule is C[C@]12C[C@H](CC(=O)O)[C@@H]3c4ccc(O)cc4CC[C@H]3[C@@H]1CC[C@@H]2O. The van der Waals surface area contributed by atoms with Crippen LogP contribution in [-0.4, -0.2) is 27.4 Å². The van der Waals surface area contributed by atoms with Crippen molar-refractivity contribution in [2.45, 2.75) is 57.5 Å². The van der Waals surface area contributed by atoms with Crippen molar-refractivity contribution in [2.24, 2.45) is 23.2 Å². The van der Waals surface area contributed by atoms with E-state index in [9.17, 15) is 20.1 Å². The zero-order valence-electron chi connectivity index (χ0n) is 14.1. The van der Waals surface area contributed by atoms with Gasteiger partial charge in [0.05, 0.1) is 6.10 Å². The number of phenols is 1. The molecule has 1 aromatic carbocycles. The van der Waals surface area contributed by atoms with Crippen molar-refractivity contribution < 1.29 is 20.1 Å². The van der Waals surface area contributed by atoms with Crippen molar-refractivity contribution in [3.63, 3.8) is 0 Å². The molecule has 0 bridgehead atoms. The molecule has 0 aliphatic heterocycles. The first kappa shape index (κ1) is 15.9. The fourth-order valence-corrected chi connectivity index (χ4v) is 6.27. The highest BCUT2D eigenvalue weighted by molar-refractivity contribution is 5.67. The molecule has 2 saturated carbocycles. The number of aliphatic carboxylic acids is 1. The monoisotopic (exact) mass is 330 g/mol. The van der Waals surface area contributed by atoms with Gasteiger partial charge in [0.25, 0.3) is 0 Å². The average molecular weight is 330 g/mol. The highest BCUT2D eigenvalue weighted by Gasteiger charge is 2.57. The number of aliphatic hydroxyl groups excluding tert-OH is 1. The summed E-state index contributed by atoms with van der Waals surface area (Å²) in [6.07, 6.45) is 4.50. The Hall–Kier alpha value is -1.55. The lowest BCUT2D eigenvalue weighted by Crippen LogP contribution is -2.48. The topological polar surface area (TPSA) is 77.8 Å². The third-order valence-corrected chi connectivity index (χ3v) is 7.22. The predicted molar refractivity (Wildman–Crippen MR) is 89.9 cm³/mol. The highest BCUT2D eigenvalue weighted by atomic mass is 16.4. The first-order valence-electron chi connectivity index (χ1n) is 9.12. The van der Waals surface area contributed by atoms with Crippen molar-refractivity contribution in [3.8, 4) is 5.75 Å². The summed E-state index contributed by atoms with van der Waals surface area (Å²) < 4.78 is 0. The van der Waals surface area contributed by atoms with Crippen LogP contribution in [0.1, 0.15) is 56.1 Å². The zero-order valence-corrected chi connectivity index (χ0v) is 14.1. The molecule has 3 aliphatic carbocycles. The number of phenolic OH excluding ortho intramolecular Hbond substituents is 1. The van der Waals surface area contributed by atoms with Crippen LogP contribution >= 0.6 is 0 Å². The van der Waals surface area contributed by atoms with E-state index in [4.69, 9.17) is 0 Å². The Morgan fingerprint density at radius 3 is 2.83 bits per heavy atom. The molecule has 3 N–H and O–H groups in total. The number of hydrogen-bond donors (Lipinski definition) is 3. The molecule has 4 nitrogen and oxygen atoms in total. The summed E-state index contributed by atoms with van der Waals surface area (Å²) in [6, 6.07) is 5.58. The summed E-state index contributed by atoms with van der Waals surface area (Å²) in [6.45, 7) is 2.17. The minimum atomic E-state index is -0.751. The molecular weight excluding hydrogens is 304 g/mol. The van der Waals surface area contributed by atoms with E-state index in [0.29, 0.717) is 17.6 Å². The Kier molecular flexibility index (Phi) is 3.64. The van der Waals surface area contributed by atoms with E-state index < -0.39 is 5.97 Å². The van der Waals surface area contributed by atoms with Gasteiger partial charge in [0.1, 0.15) is 5.75 Å². The molecule has 0 amide bonds. The number of carboxylic acids is 1. The van der Waals surface area contributed by atoms with Crippen LogP contribution in [0, 0.1) is 23.2 Å². The van der Waals surface area contributed by atoms with E-state index in [-0.39, 0.29) is 29.8 Å². The standard InChI is InChI=1S/C20H26O4/c1-20-10-12(9-18(23)24)19-14-5-3-13(21)8-11(14)2-4-15(19)16(20)6-7-17(20)22/h3,5,8,12,15-17,19,21-22H,2,4,6-7,9-10H2,1H3,(H,23,24)/t12-,15-,16-,17-,19+,20-/m0/s1. The van der Waals surface area contributed by atoms with E-state index >= 15 is 0 Å². The third kappa shape index (κ3) is 2.26. The number of fused-ring (bicyclic) bond motifs is 5. The lowest BCUT2D eigenvalue weighted by Gasteiger charge is -2.53. The lowest BCUT2D eigenvalue weighted by molar-refractivity contribution is -0.140. The summed E-state index contributed by atoms with van der Waals surface area (Å²) in [5.74, 6) is 0.767. The van der Waals surface area contributed by atoms with Crippen LogP contribution in [0.15, 0.2) is 18.2 Å². The molecule has 2 fully saturated rings. The van der Waals surface area contributed by atoms with Gasteiger partial charge in [0, 0.05) is 6.42 Å². The molecule has 0 radical (unpaired) electrons. The fourth-order valence-electron chi connectivity index (χ4n) is 6.27. The molecule has 0 aromatic heterocycles. The maximum atomic E-state index is 11.5. The number of carbonyl (C=O) groups is 1. The molecule has 0 heterocycles. The molecule has 3 aliphatic rings. The second-order valence-electron chi connectivity index (χ2n) is 8.38. The summed E-state index contributed by atoms with van der Waals surface area (Å²) in [7, 11) is 0. The maximum Gasteiger partial charge on any atom is 0.303 e. The smallest absolute Gasteiger partial charge is 0.303 e. The summed E-state index contributed by atoms with van der Waals surface area (Å²) in [4.78, 5) is 11.5. The Morgan fingerprint density at radius 1 is 1.29 bits per heavy atom. The highest BCUT2D eigenvalue weighted by Crippen LogP contribution is 2.63. The number of hydrogen-bond acceptors (Lipinski definition) is 3. The van der Waals surface area contributed by atoms with Gasteiger partial charge in [-0.3, -0.25) is 4.79 Å². The van der Waals surface area contributed by atoms with E-state index in [1.54, 1.807) is 6.07 Å². The molecule has 0 unspecified atom stereocenters. The fraction of sp³-hybridized carbons (Fsp3) is 0.650. The molecule has 6 atom stereocenters. The van der Waals surface area contributed by atoms with E-state index in [2.05, 4.69) is 6.92 Å². The van der Waals surface area contributed by atoms with E-state index in [1.807, 2.05) is 12.1 Å². The summed E-state index contributed by atoms with van der Waals surface area (Å²) in [5, 5.41) is 29.8. The van der Waals surface area contributed by atoms with Gasteiger partial charge in [-0.1, -0.05) is 13.0 Å². The molecular formula is C20H26O4. The molecule has 4 heteroatoms. The second kappa shape index (κ2) is 5.48. The van der Waals surface area contributed by atoms with Crippen LogP contribution in [0.3, 0.4) is 0 Å². The second-order valence-corrected chi connectivity index (χ2v) is 8.38. The van der Waals surface area contributed by atoms with Crippen LogP contribution in [0.2, 0.25) is 0 Å². The van der Waals surface area contributed by atoms with Crippen LogP contribution in [0.5, 0.6) is 5.75 Å². The van der Waals surface area contributed by atoms with Crippen molar-refractivity contribution in [1.29, 1.82) is 0 Å². The number of carboxylic acid groups (broad SMARTS) is 1. The summed E-state index contributed by atoms with van der Waals surface area (Å²) in [5.41, 5.74) is 2.27. The normalized spacial score (nSPS) is 40.5. The molecule has 130 valence electrons. The van der Waals surface area contributed by atoms with Gasteiger partial charge in [-0.25, -0.2) is 0 Å². The molecule has 4 rings (SSSR count). The zero-order chi connectivity index (χ0) is 17.1. The van der Waals surface area contributed by atoms with Crippen molar-refractivity contribution in [2.75, 3.05) is 0 Å². The van der Waals surface area contributed by atoms with Crippen LogP contribution in [-0.2, 0) is 11.2 Å². The lowest BCUT2D eigenvalue weighted by atomic mass is 9.51. The first-order chi connectivity index (χ1) is 11.4. The van der Waals surface area contributed by atoms with Gasteiger partial charge in [-0.05, 0) is 84.5 Å². The van der Waals surface area contributed by atoms with Gasteiger partial charge >= 0.3 is 5.97 Å². The molecule has 0 saturated heterocycles. The largest absolute Gasteiger partial charge is 0.508 e. The van der Waals surface area contributed by atoms with Crippen LogP contribution < -0.4 is 0 Å². The van der Waals surface area contributed by atoms with Gasteiger partial charge in [0.2, 0.25) is 0 Å². The van der Waals surface area contributed by atoms with Crippen molar-refractivity contribution in [1.82, 2.24) is 0 Å². The van der Waals surface area contributed by atoms with Crippen molar-refractivity contribution in [3.05, 3.63) is 29.3 Å². The van der Waals surface area contributed by atoms with Gasteiger partial charge < -0.3 is 15.3 Å². The van der Waals surface area contributed by atoms with Crippen LogP contribution in [0.4, 0.5) is 0 Å². The van der Waals surface area contributed by atoms with E-state index in [0.717, 1.165) is 32.1 Å². The Labute approximate surface area is 142 Å². The first-order valence-corrected chi connectivity index (χ1v) is 9.12. The third-order valence-electron chi connectivity index (χ3n) is 7.22. The minimum absolute atomic E-state index is 0.0603. The number of aromatic hydroxyl groups is 1. The van der Waals surface area contributed by atoms with Crippen molar-refractivity contribution >= 4 is 5.97 Å². The predicted octanol–water partition coefficient (Wildman–Crippen LogP) is 3.31.